The van der Waals surface area contributed by atoms with E-state index >= 15 is 0 Å². The van der Waals surface area contributed by atoms with Crippen LogP contribution in [0, 0.1) is 5.92 Å². The standard InChI is InChI=1S/C18H30F3N5S/c1-13-6-5-8-17(10-13,26(3)4)12-24-16(22-2)23-9-7-15-25-14(11-27-15)18(19,20)21/h11,13H,5-10,12H2,1-4H3,(H2,22,23,24). The molecule has 2 rings (SSSR count). The van der Waals surface area contributed by atoms with Gasteiger partial charge in [-0.1, -0.05) is 19.8 Å². The summed E-state index contributed by atoms with van der Waals surface area (Å²) >= 11 is 1.04. The second-order valence-electron chi connectivity index (χ2n) is 7.55. The molecular formula is C18H30F3N5S. The molecule has 1 aromatic heterocycles. The Balaban J connectivity index is 1.84. The van der Waals surface area contributed by atoms with Crippen molar-refractivity contribution in [2.75, 3.05) is 34.2 Å². The third kappa shape index (κ3) is 6.07. The zero-order valence-corrected chi connectivity index (χ0v) is 17.3. The monoisotopic (exact) mass is 405 g/mol. The highest BCUT2D eigenvalue weighted by atomic mass is 32.1. The number of alkyl halides is 3. The van der Waals surface area contributed by atoms with E-state index in [4.69, 9.17) is 0 Å². The molecule has 5 nitrogen and oxygen atoms in total. The number of hydrogen-bond donors (Lipinski definition) is 2. The fourth-order valence-electron chi connectivity index (χ4n) is 3.67. The summed E-state index contributed by atoms with van der Waals surface area (Å²) in [4.78, 5) is 10.2. The van der Waals surface area contributed by atoms with Gasteiger partial charge in [0, 0.05) is 37.5 Å². The third-order valence-corrected chi connectivity index (χ3v) is 6.21. The van der Waals surface area contributed by atoms with Crippen molar-refractivity contribution < 1.29 is 13.2 Å². The number of hydrogen-bond acceptors (Lipinski definition) is 4. The molecule has 0 bridgehead atoms. The molecule has 2 N–H and O–H groups in total. The summed E-state index contributed by atoms with van der Waals surface area (Å²) in [5, 5.41) is 8.11. The van der Waals surface area contributed by atoms with Crippen LogP contribution < -0.4 is 10.6 Å². The maximum atomic E-state index is 12.6. The molecule has 27 heavy (non-hydrogen) atoms. The molecule has 2 atom stereocenters. The van der Waals surface area contributed by atoms with E-state index in [1.165, 1.54) is 12.8 Å². The van der Waals surface area contributed by atoms with Crippen molar-refractivity contribution in [3.8, 4) is 0 Å². The van der Waals surface area contributed by atoms with Crippen molar-refractivity contribution >= 4 is 17.3 Å². The number of aromatic nitrogens is 1. The molecule has 0 aromatic carbocycles. The average molecular weight is 406 g/mol. The van der Waals surface area contributed by atoms with Gasteiger partial charge in [0.25, 0.3) is 0 Å². The molecule has 1 aliphatic carbocycles. The van der Waals surface area contributed by atoms with Gasteiger partial charge < -0.3 is 15.5 Å². The van der Waals surface area contributed by atoms with Crippen molar-refractivity contribution in [2.24, 2.45) is 10.9 Å². The van der Waals surface area contributed by atoms with Gasteiger partial charge in [-0.15, -0.1) is 11.3 Å². The first-order chi connectivity index (χ1) is 12.7. The smallest absolute Gasteiger partial charge is 0.356 e. The normalized spacial score (nSPS) is 24.3. The Morgan fingerprint density at radius 2 is 2.15 bits per heavy atom. The van der Waals surface area contributed by atoms with Crippen LogP contribution >= 0.6 is 11.3 Å². The fraction of sp³-hybridized carbons (Fsp3) is 0.778. The number of thiazole rings is 1. The number of guanidine groups is 1. The molecule has 9 heteroatoms. The average Bonchev–Trinajstić information content (AvgIpc) is 3.07. The summed E-state index contributed by atoms with van der Waals surface area (Å²) in [5.74, 6) is 1.37. The van der Waals surface area contributed by atoms with E-state index in [2.05, 4.69) is 46.5 Å². The van der Waals surface area contributed by atoms with Crippen LogP contribution in [-0.4, -0.2) is 55.6 Å². The molecule has 1 aliphatic rings. The maximum Gasteiger partial charge on any atom is 0.434 e. The topological polar surface area (TPSA) is 52.6 Å². The molecule has 0 radical (unpaired) electrons. The minimum Gasteiger partial charge on any atom is -0.356 e. The second kappa shape index (κ2) is 9.23. The van der Waals surface area contributed by atoms with E-state index in [9.17, 15) is 13.2 Å². The predicted octanol–water partition coefficient (Wildman–Crippen LogP) is 3.38. The summed E-state index contributed by atoms with van der Waals surface area (Å²) in [6, 6.07) is 0. The van der Waals surface area contributed by atoms with Crippen molar-refractivity contribution in [3.05, 3.63) is 16.1 Å². The van der Waals surface area contributed by atoms with Crippen LogP contribution in [0.1, 0.15) is 43.3 Å². The Morgan fingerprint density at radius 3 is 2.70 bits per heavy atom. The molecule has 0 spiro atoms. The van der Waals surface area contributed by atoms with Crippen molar-refractivity contribution in [3.63, 3.8) is 0 Å². The van der Waals surface area contributed by atoms with Gasteiger partial charge in [0.1, 0.15) is 0 Å². The molecule has 2 unspecified atom stereocenters. The number of halogens is 3. The molecule has 0 aliphatic heterocycles. The molecule has 1 fully saturated rings. The highest BCUT2D eigenvalue weighted by Gasteiger charge is 2.37. The van der Waals surface area contributed by atoms with Crippen molar-refractivity contribution in [1.29, 1.82) is 0 Å². The van der Waals surface area contributed by atoms with Crippen LogP contribution in [0.25, 0.3) is 0 Å². The minimum atomic E-state index is -4.38. The van der Waals surface area contributed by atoms with Gasteiger partial charge in [-0.2, -0.15) is 13.2 Å². The van der Waals surface area contributed by atoms with Crippen molar-refractivity contribution in [1.82, 2.24) is 20.5 Å². The summed E-state index contributed by atoms with van der Waals surface area (Å²) in [5.41, 5.74) is -0.712. The van der Waals surface area contributed by atoms with Gasteiger partial charge in [0.15, 0.2) is 11.7 Å². The quantitative estimate of drug-likeness (QED) is 0.563. The molecule has 0 amide bonds. The summed E-state index contributed by atoms with van der Waals surface area (Å²) in [7, 11) is 5.94. The Bertz CT molecular complexity index is 629. The SMILES string of the molecule is CN=C(NCCc1nc(C(F)(F)F)cs1)NCC1(N(C)C)CCCC(C)C1. The third-order valence-electron chi connectivity index (χ3n) is 5.30. The van der Waals surface area contributed by atoms with Crippen molar-refractivity contribution in [2.45, 2.75) is 50.7 Å². The molecule has 1 aromatic rings. The van der Waals surface area contributed by atoms with Crippen LogP contribution in [0.15, 0.2) is 10.4 Å². The number of likely N-dealkylation sites (N-methyl/N-ethyl adjacent to an activating group) is 1. The highest BCUT2D eigenvalue weighted by Crippen LogP contribution is 2.35. The van der Waals surface area contributed by atoms with Gasteiger partial charge in [0.05, 0.1) is 5.01 Å². The van der Waals surface area contributed by atoms with Gasteiger partial charge in [-0.3, -0.25) is 4.99 Å². The number of nitrogens with one attached hydrogen (secondary N) is 2. The fourth-order valence-corrected chi connectivity index (χ4v) is 4.47. The molecule has 0 saturated heterocycles. The molecule has 1 heterocycles. The van der Waals surface area contributed by atoms with E-state index in [1.807, 2.05) is 0 Å². The van der Waals surface area contributed by atoms with Gasteiger partial charge >= 0.3 is 6.18 Å². The van der Waals surface area contributed by atoms with E-state index in [0.29, 0.717) is 29.9 Å². The van der Waals surface area contributed by atoms with E-state index in [1.54, 1.807) is 7.05 Å². The second-order valence-corrected chi connectivity index (χ2v) is 8.49. The first-order valence-corrected chi connectivity index (χ1v) is 10.2. The summed E-state index contributed by atoms with van der Waals surface area (Å²) < 4.78 is 37.8. The Labute approximate surface area is 163 Å². The zero-order valence-electron chi connectivity index (χ0n) is 16.5. The van der Waals surface area contributed by atoms with Gasteiger partial charge in [-0.25, -0.2) is 4.98 Å². The summed E-state index contributed by atoms with van der Waals surface area (Å²) in [6.45, 7) is 3.57. The Hall–Kier alpha value is -1.35. The van der Waals surface area contributed by atoms with Crippen LogP contribution in [0.3, 0.4) is 0 Å². The lowest BCUT2D eigenvalue weighted by atomic mass is 9.75. The first-order valence-electron chi connectivity index (χ1n) is 9.30. The van der Waals surface area contributed by atoms with E-state index in [0.717, 1.165) is 36.1 Å². The maximum absolute atomic E-state index is 12.6. The Morgan fingerprint density at radius 1 is 1.41 bits per heavy atom. The predicted molar refractivity (Wildman–Crippen MR) is 104 cm³/mol. The highest BCUT2D eigenvalue weighted by molar-refractivity contribution is 7.09. The number of nitrogens with zero attached hydrogens (tertiary/aromatic N) is 3. The Kier molecular flexibility index (Phi) is 7.50. The van der Waals surface area contributed by atoms with Crippen LogP contribution in [-0.2, 0) is 12.6 Å². The van der Waals surface area contributed by atoms with Crippen LogP contribution in [0.2, 0.25) is 0 Å². The van der Waals surface area contributed by atoms with Crippen LogP contribution in [0.4, 0.5) is 13.2 Å². The summed E-state index contributed by atoms with van der Waals surface area (Å²) in [6.07, 6.45) is 0.834. The number of rotatable bonds is 6. The lowest BCUT2D eigenvalue weighted by Crippen LogP contribution is -2.56. The minimum absolute atomic E-state index is 0.103. The lowest BCUT2D eigenvalue weighted by molar-refractivity contribution is -0.140. The molecule has 154 valence electrons. The lowest BCUT2D eigenvalue weighted by Gasteiger charge is -2.45. The zero-order chi connectivity index (χ0) is 20.1. The molecular weight excluding hydrogens is 375 g/mol. The van der Waals surface area contributed by atoms with E-state index in [-0.39, 0.29) is 5.54 Å². The van der Waals surface area contributed by atoms with Crippen LogP contribution in [0.5, 0.6) is 0 Å². The first kappa shape index (κ1) is 21.9. The number of aliphatic imine (C=N–C) groups is 1. The largest absolute Gasteiger partial charge is 0.434 e. The molecule has 1 saturated carbocycles. The van der Waals surface area contributed by atoms with Gasteiger partial charge in [0.2, 0.25) is 0 Å². The van der Waals surface area contributed by atoms with E-state index < -0.39 is 11.9 Å². The van der Waals surface area contributed by atoms with Gasteiger partial charge in [-0.05, 0) is 32.9 Å².